The van der Waals surface area contributed by atoms with Crippen LogP contribution in [0.5, 0.6) is 0 Å². The predicted molar refractivity (Wildman–Crippen MR) is 470 cm³/mol. The zero-order chi connectivity index (χ0) is 83.0. The fourth-order valence-electron chi connectivity index (χ4n) is 18.2. The molecule has 5 saturated heterocycles. The number of piperidine rings is 4. The molecule has 640 valence electrons. The van der Waals surface area contributed by atoms with Gasteiger partial charge in [-0.25, -0.2) is 28.7 Å². The number of nitrogens with one attached hydrogen (secondary N) is 4. The highest BCUT2D eigenvalue weighted by atomic mass is 32.2. The minimum atomic E-state index is -2.82. The van der Waals surface area contributed by atoms with E-state index in [4.69, 9.17) is 44.6 Å². The fourth-order valence-corrected chi connectivity index (χ4v) is 23.4. The van der Waals surface area contributed by atoms with E-state index in [9.17, 15) is 40.9 Å². The van der Waals surface area contributed by atoms with Crippen LogP contribution in [0.15, 0.2) is 117 Å². The Labute approximate surface area is 712 Å². The quantitative estimate of drug-likeness (QED) is 0.0373. The molecule has 8 aromatic rings. The molecule has 12 aliphatic rings. The lowest BCUT2D eigenvalue weighted by atomic mass is 9.89. The lowest BCUT2D eigenvalue weighted by Gasteiger charge is -2.33. The molecule has 30 heteroatoms. The van der Waals surface area contributed by atoms with E-state index >= 15 is 0 Å². The second-order valence-electron chi connectivity index (χ2n) is 35.3. The van der Waals surface area contributed by atoms with Crippen LogP contribution in [0.1, 0.15) is 201 Å². The van der Waals surface area contributed by atoms with E-state index in [1.165, 1.54) is 45.5 Å². The largest absolute Gasteiger partial charge is 0.394 e. The van der Waals surface area contributed by atoms with E-state index in [-0.39, 0.29) is 42.0 Å². The van der Waals surface area contributed by atoms with Gasteiger partial charge in [0.1, 0.15) is 42.9 Å². The Morgan fingerprint density at radius 1 is 0.400 bits per heavy atom. The molecule has 120 heavy (non-hydrogen) atoms. The van der Waals surface area contributed by atoms with E-state index in [0.29, 0.717) is 87.4 Å². The molecule has 0 radical (unpaired) electrons. The van der Waals surface area contributed by atoms with E-state index < -0.39 is 49.1 Å². The van der Waals surface area contributed by atoms with Crippen LogP contribution in [0, 0.1) is 20.8 Å². The summed E-state index contributed by atoms with van der Waals surface area (Å²) in [7, 11) is -4.21. The van der Waals surface area contributed by atoms with Gasteiger partial charge in [-0.2, -0.15) is 19.9 Å². The van der Waals surface area contributed by atoms with Crippen molar-refractivity contribution in [3.05, 3.63) is 164 Å². The fraction of sp³-hybridized carbons (Fsp3) is 0.556. The Morgan fingerprint density at radius 3 is 1.00 bits per heavy atom. The Bertz CT molecular complexity index is 5100. The van der Waals surface area contributed by atoms with Crippen molar-refractivity contribution in [2.45, 2.75) is 228 Å². The Morgan fingerprint density at radius 2 is 0.700 bits per heavy atom. The van der Waals surface area contributed by atoms with Gasteiger partial charge in [-0.05, 0) is 169 Å². The van der Waals surface area contributed by atoms with E-state index in [2.05, 4.69) is 134 Å². The number of hydrogen-bond donors (Lipinski definition) is 7. The Balaban J connectivity index is 0.000000114. The van der Waals surface area contributed by atoms with Gasteiger partial charge in [-0.15, -0.1) is 0 Å². The molecule has 24 nitrogen and oxygen atoms in total. The van der Waals surface area contributed by atoms with Crippen LogP contribution in [0.2, 0.25) is 0 Å². The molecule has 0 bridgehead atoms. The molecule has 0 spiro atoms. The minimum Gasteiger partial charge on any atom is -0.394 e. The molecular formula is C90H114F2N16O8S4. The van der Waals surface area contributed by atoms with E-state index in [1.54, 1.807) is 0 Å². The van der Waals surface area contributed by atoms with Crippen molar-refractivity contribution in [2.24, 2.45) is 0 Å². The van der Waals surface area contributed by atoms with Gasteiger partial charge in [-0.1, -0.05) is 114 Å². The van der Waals surface area contributed by atoms with Crippen molar-refractivity contribution in [1.29, 1.82) is 0 Å². The number of aryl methyl sites for hydroxylation is 7. The Hall–Kier alpha value is -8.10. The number of hydrogen-bond acceptors (Lipinski definition) is 24. The van der Waals surface area contributed by atoms with Gasteiger partial charge in [0.15, 0.2) is 0 Å². The molecular weight excluding hydrogens is 1600 g/mol. The van der Waals surface area contributed by atoms with Gasteiger partial charge in [0.25, 0.3) is 5.92 Å². The highest BCUT2D eigenvalue weighted by Gasteiger charge is 2.47. The van der Waals surface area contributed by atoms with Crippen molar-refractivity contribution in [3.63, 3.8) is 0 Å². The lowest BCUT2D eigenvalue weighted by Crippen LogP contribution is -2.35. The maximum atomic E-state index is 13.5. The highest BCUT2D eigenvalue weighted by molar-refractivity contribution is 7.86. The number of benzene rings is 4. The molecule has 8 fully saturated rings. The first-order valence-electron chi connectivity index (χ1n) is 43.5. The molecule has 3 saturated carbocycles. The molecule has 4 aromatic carbocycles. The summed E-state index contributed by atoms with van der Waals surface area (Å²) in [6.07, 6.45) is 18.6. The first-order chi connectivity index (χ1) is 58.1. The number of nitrogens with zero attached hydrogens (tertiary/aromatic N) is 12. The second-order valence-corrected chi connectivity index (χ2v) is 41.3. The smallest absolute Gasteiger partial charge is 0.270 e. The van der Waals surface area contributed by atoms with Crippen LogP contribution in [0.25, 0.3) is 0 Å². The second kappa shape index (κ2) is 36.0. The van der Waals surface area contributed by atoms with Crippen molar-refractivity contribution >= 4 is 90.3 Å². The molecule has 3 aliphatic carbocycles. The molecule has 4 unspecified atom stereocenters. The van der Waals surface area contributed by atoms with Crippen molar-refractivity contribution in [3.8, 4) is 0 Å². The van der Waals surface area contributed by atoms with Crippen LogP contribution >= 0.6 is 0 Å². The summed E-state index contributed by atoms with van der Waals surface area (Å²) in [5, 5.41) is 42.9. The maximum Gasteiger partial charge on any atom is 0.270 e. The van der Waals surface area contributed by atoms with Gasteiger partial charge < -0.3 is 60.9 Å². The number of aromatic nitrogens is 8. The lowest BCUT2D eigenvalue weighted by molar-refractivity contribution is 0.0174. The molecule has 20 rings (SSSR count). The first kappa shape index (κ1) is 84.1. The third kappa shape index (κ3) is 19.1. The maximum absolute atomic E-state index is 13.5. The summed E-state index contributed by atoms with van der Waals surface area (Å²) in [5.41, 5.74) is 12.0. The van der Waals surface area contributed by atoms with Crippen LogP contribution < -0.4 is 40.9 Å². The molecule has 9 aliphatic heterocycles. The average Bonchev–Trinajstić information content (AvgIpc) is 1.62. The Kier molecular flexibility index (Phi) is 25.2. The van der Waals surface area contributed by atoms with Crippen molar-refractivity contribution in [1.82, 2.24) is 39.9 Å². The van der Waals surface area contributed by atoms with Gasteiger partial charge in [0.2, 0.25) is 23.8 Å². The minimum absolute atomic E-state index is 0.0297. The monoisotopic (exact) mass is 1710 g/mol. The number of ether oxygens (including phenoxy) is 1. The number of aliphatic hydroxyl groups excluding tert-OH is 3. The normalized spacial score (nSPS) is 22.9. The molecule has 0 amide bonds. The third-order valence-corrected chi connectivity index (χ3v) is 32.3. The first-order valence-corrected chi connectivity index (χ1v) is 48.7. The summed E-state index contributed by atoms with van der Waals surface area (Å²) in [4.78, 5) is 50.4. The van der Waals surface area contributed by atoms with Crippen LogP contribution in [-0.4, -0.2) is 203 Å². The summed E-state index contributed by atoms with van der Waals surface area (Å²) < 4.78 is 82.6. The zero-order valence-electron chi connectivity index (χ0n) is 69.4. The number of anilines is 8. The molecule has 4 atom stereocenters. The number of halogens is 2. The zero-order valence-corrected chi connectivity index (χ0v) is 72.7. The number of aliphatic hydroxyl groups is 3. The van der Waals surface area contributed by atoms with Crippen molar-refractivity contribution in [2.75, 3.05) is 149 Å². The molecule has 7 N–H and O–H groups in total. The average molecular weight is 1710 g/mol. The highest BCUT2D eigenvalue weighted by Crippen LogP contribution is 2.46. The van der Waals surface area contributed by atoms with Crippen molar-refractivity contribution < 1.29 is 45.7 Å². The van der Waals surface area contributed by atoms with Crippen LogP contribution in [0.4, 0.5) is 55.8 Å². The van der Waals surface area contributed by atoms with Crippen LogP contribution in [-0.2, 0) is 79.5 Å². The van der Waals surface area contributed by atoms with E-state index in [1.807, 2.05) is 12.1 Å². The summed E-state index contributed by atoms with van der Waals surface area (Å²) >= 11 is 0. The predicted octanol–water partition coefficient (Wildman–Crippen LogP) is 12.5. The van der Waals surface area contributed by atoms with Gasteiger partial charge >= 0.3 is 0 Å². The number of fused-ring (bicyclic) bond motifs is 4. The SMILES string of the molecule is CC(F)(F)c1ccc(C2CCN(c3nc4c(c(NC5(CO)CC5)n3)S(=O)CC4)CC2)cc1.Cc1ccc(C2CCN(c3nc4c(c(NC5(CO)CC5)n3)S(=O)CC4)CC2)cc1.Cc1ccc(C2CCN(c3nc4c(c(NC5CCOCC5)n3)S(=O)CC4)CC2)cc1.Cc1cccc(C2CCN(c3nc4c(c(NC5(CO)CC5)n3)S(=O)CC4)CC2)c1. The summed E-state index contributed by atoms with van der Waals surface area (Å²) in [6, 6.07) is 33.7. The van der Waals surface area contributed by atoms with Crippen LogP contribution in [0.3, 0.4) is 0 Å². The number of alkyl halides is 2. The summed E-state index contributed by atoms with van der Waals surface area (Å²) in [6.45, 7) is 16.2. The van der Waals surface area contributed by atoms with Gasteiger partial charge in [0, 0.05) is 133 Å². The van der Waals surface area contributed by atoms with E-state index in [0.717, 1.165) is 261 Å². The van der Waals surface area contributed by atoms with Gasteiger partial charge in [-0.3, -0.25) is 16.8 Å². The topological polar surface area (TPSA) is 302 Å². The standard InChI is InChI=1S/C23H28F2N4O2S.C23H30N4O2S.2C22H28N4O2S/c1-22(24,25)17-4-2-15(3-5-17)16-6-11-29(12-7-16)21-26-18-8-13-32(31)19(18)20(27-21)28-23(14-30)9-10-23;1-16-2-4-17(5-3-16)18-6-11-27(12-7-18)23-25-20-10-15-30(28)21(20)22(26-23)24-19-8-13-29-14-9-19;1-15-2-4-16(5-3-15)17-6-11-26(12-7-17)21-23-18-8-13-29(28)19(18)20(24-21)25-22(14-27)9-10-22;1-15-3-2-4-17(13-15)16-5-10-26(11-6-16)21-23-18-7-12-29(28)19(18)20(24-21)25-22(14-27)8-9-22/h2-5,16,30H,6-14H2,1H3,(H,26,27,28);2-5,18-19H,6-15H2,1H3,(H,24,25,26);2-5,17,27H,6-14H2,1H3,(H,23,24,25);2-4,13,16,27H,5-12,14H2,1H3,(H,23,24,25). The molecule has 4 aromatic heterocycles. The molecule has 13 heterocycles. The third-order valence-electron chi connectivity index (χ3n) is 26.5. The van der Waals surface area contributed by atoms with Gasteiger partial charge in [0.05, 0.1) is 102 Å². The summed E-state index contributed by atoms with van der Waals surface area (Å²) in [5.74, 6) is 7.35. The number of rotatable bonds is 20.